The molecule has 1 N–H and O–H groups in total. The van der Waals surface area contributed by atoms with Crippen LogP contribution in [-0.4, -0.2) is 59.1 Å². The summed E-state index contributed by atoms with van der Waals surface area (Å²) in [5.41, 5.74) is 0.780. The molecule has 2 heterocycles. The fourth-order valence-electron chi connectivity index (χ4n) is 3.30. The first-order valence-corrected chi connectivity index (χ1v) is 7.50. The Bertz CT molecular complexity index is 455. The van der Waals surface area contributed by atoms with Gasteiger partial charge in [-0.2, -0.15) is 0 Å². The number of carbonyl (C=O) groups excluding carboxylic acids is 1. The smallest absolute Gasteiger partial charge is 0.253 e. The highest BCUT2D eigenvalue weighted by Crippen LogP contribution is 2.22. The van der Waals surface area contributed by atoms with Gasteiger partial charge in [0.2, 0.25) is 0 Å². The molecular formula is C16H22N2O2. The molecule has 1 amide bonds. The Morgan fingerprint density at radius 3 is 2.35 bits per heavy atom. The monoisotopic (exact) mass is 274 g/mol. The van der Waals surface area contributed by atoms with Crippen LogP contribution in [0.2, 0.25) is 0 Å². The maximum atomic E-state index is 12.4. The molecule has 4 nitrogen and oxygen atoms in total. The van der Waals surface area contributed by atoms with Gasteiger partial charge >= 0.3 is 0 Å². The molecule has 0 bridgehead atoms. The largest absolute Gasteiger partial charge is 0.392 e. The number of β-amino-alcohol motifs (C(OH)–C–C–N with tert-alkyl or cyclic N) is 1. The Kier molecular flexibility index (Phi) is 4.03. The Morgan fingerprint density at radius 1 is 1.05 bits per heavy atom. The number of rotatable bonds is 2. The second kappa shape index (κ2) is 5.94. The van der Waals surface area contributed by atoms with Crippen molar-refractivity contribution < 1.29 is 9.90 Å². The average molecular weight is 274 g/mol. The van der Waals surface area contributed by atoms with Crippen molar-refractivity contribution >= 4 is 5.91 Å². The van der Waals surface area contributed by atoms with E-state index >= 15 is 0 Å². The van der Waals surface area contributed by atoms with Crippen molar-refractivity contribution in [3.8, 4) is 0 Å². The molecule has 3 rings (SSSR count). The van der Waals surface area contributed by atoms with Crippen LogP contribution in [0.15, 0.2) is 30.3 Å². The molecule has 1 aromatic carbocycles. The number of nitrogens with zero attached hydrogens (tertiary/aromatic N) is 2. The van der Waals surface area contributed by atoms with E-state index in [9.17, 15) is 9.90 Å². The third kappa shape index (κ3) is 2.86. The van der Waals surface area contributed by atoms with Gasteiger partial charge in [0, 0.05) is 37.8 Å². The van der Waals surface area contributed by atoms with E-state index in [0.29, 0.717) is 6.04 Å². The van der Waals surface area contributed by atoms with Gasteiger partial charge < -0.3 is 10.0 Å². The normalized spacial score (nSPS) is 25.1. The average Bonchev–Trinajstić information content (AvgIpc) is 2.94. The van der Waals surface area contributed by atoms with Crippen LogP contribution in [-0.2, 0) is 0 Å². The molecule has 2 saturated heterocycles. The zero-order valence-corrected chi connectivity index (χ0v) is 11.7. The summed E-state index contributed by atoms with van der Waals surface area (Å²) in [4.78, 5) is 16.7. The van der Waals surface area contributed by atoms with Gasteiger partial charge in [0.1, 0.15) is 0 Å². The Balaban J connectivity index is 1.55. The fourth-order valence-corrected chi connectivity index (χ4v) is 3.30. The summed E-state index contributed by atoms with van der Waals surface area (Å²) in [5, 5.41) is 9.61. The highest BCUT2D eigenvalue weighted by Gasteiger charge is 2.31. The minimum absolute atomic E-state index is 0.144. The van der Waals surface area contributed by atoms with E-state index < -0.39 is 0 Å². The van der Waals surface area contributed by atoms with Crippen molar-refractivity contribution in [3.05, 3.63) is 35.9 Å². The van der Waals surface area contributed by atoms with Gasteiger partial charge in [-0.25, -0.2) is 0 Å². The summed E-state index contributed by atoms with van der Waals surface area (Å²) in [6.07, 6.45) is 2.78. The number of aliphatic hydroxyl groups is 1. The fraction of sp³-hybridized carbons (Fsp3) is 0.562. The summed E-state index contributed by atoms with van der Waals surface area (Å²) < 4.78 is 0. The maximum absolute atomic E-state index is 12.4. The number of likely N-dealkylation sites (tertiary alicyclic amines) is 2. The second-order valence-electron chi connectivity index (χ2n) is 5.83. The molecule has 0 radical (unpaired) electrons. The Morgan fingerprint density at radius 2 is 1.75 bits per heavy atom. The standard InChI is InChI=1S/C16H22N2O2/c19-15-8-11-18(12-15)14-6-9-17(10-7-14)16(20)13-4-2-1-3-5-13/h1-5,14-15,19H,6-12H2. The molecule has 0 spiro atoms. The highest BCUT2D eigenvalue weighted by atomic mass is 16.3. The number of carbonyl (C=O) groups is 1. The molecule has 1 aromatic rings. The van der Waals surface area contributed by atoms with E-state index in [1.165, 1.54) is 0 Å². The third-order valence-electron chi connectivity index (χ3n) is 4.48. The van der Waals surface area contributed by atoms with E-state index in [4.69, 9.17) is 0 Å². The lowest BCUT2D eigenvalue weighted by Gasteiger charge is -2.36. The van der Waals surface area contributed by atoms with E-state index in [-0.39, 0.29) is 12.0 Å². The summed E-state index contributed by atoms with van der Waals surface area (Å²) in [6, 6.07) is 10.0. The highest BCUT2D eigenvalue weighted by molar-refractivity contribution is 5.94. The maximum Gasteiger partial charge on any atom is 0.253 e. The van der Waals surface area contributed by atoms with Crippen molar-refractivity contribution in [2.24, 2.45) is 0 Å². The molecule has 4 heteroatoms. The SMILES string of the molecule is O=C(c1ccccc1)N1CCC(N2CCC(O)C2)CC1. The zero-order chi connectivity index (χ0) is 13.9. The number of benzene rings is 1. The van der Waals surface area contributed by atoms with Gasteiger partial charge in [0.05, 0.1) is 6.10 Å². The Hall–Kier alpha value is -1.39. The third-order valence-corrected chi connectivity index (χ3v) is 4.48. The first kappa shape index (κ1) is 13.6. The molecular weight excluding hydrogens is 252 g/mol. The van der Waals surface area contributed by atoms with E-state index in [2.05, 4.69) is 4.90 Å². The molecule has 20 heavy (non-hydrogen) atoms. The van der Waals surface area contributed by atoms with Crippen LogP contribution in [0.3, 0.4) is 0 Å². The van der Waals surface area contributed by atoms with Crippen molar-refractivity contribution in [2.75, 3.05) is 26.2 Å². The molecule has 2 aliphatic heterocycles. The summed E-state index contributed by atoms with van der Waals surface area (Å²) in [5.74, 6) is 0.144. The van der Waals surface area contributed by atoms with Crippen molar-refractivity contribution in [3.63, 3.8) is 0 Å². The minimum atomic E-state index is -0.154. The van der Waals surface area contributed by atoms with Crippen molar-refractivity contribution in [1.82, 2.24) is 9.80 Å². The van der Waals surface area contributed by atoms with Crippen LogP contribution >= 0.6 is 0 Å². The van der Waals surface area contributed by atoms with Gasteiger partial charge in [0.15, 0.2) is 0 Å². The van der Waals surface area contributed by atoms with Gasteiger partial charge in [0.25, 0.3) is 5.91 Å². The van der Waals surface area contributed by atoms with E-state index in [0.717, 1.165) is 51.0 Å². The lowest BCUT2D eigenvalue weighted by atomic mass is 10.0. The first-order valence-electron chi connectivity index (χ1n) is 7.50. The van der Waals surface area contributed by atoms with Crippen LogP contribution < -0.4 is 0 Å². The van der Waals surface area contributed by atoms with Crippen molar-refractivity contribution in [2.45, 2.75) is 31.4 Å². The molecule has 0 aromatic heterocycles. The molecule has 2 aliphatic rings. The van der Waals surface area contributed by atoms with E-state index in [1.54, 1.807) is 0 Å². The predicted molar refractivity (Wildman–Crippen MR) is 77.6 cm³/mol. The quantitative estimate of drug-likeness (QED) is 0.885. The van der Waals surface area contributed by atoms with Crippen LogP contribution in [0, 0.1) is 0 Å². The number of hydrogen-bond acceptors (Lipinski definition) is 3. The summed E-state index contributed by atoms with van der Waals surface area (Å²) in [6.45, 7) is 3.45. The minimum Gasteiger partial charge on any atom is -0.392 e. The topological polar surface area (TPSA) is 43.8 Å². The van der Waals surface area contributed by atoms with Gasteiger partial charge in [-0.1, -0.05) is 18.2 Å². The number of amides is 1. The summed E-state index contributed by atoms with van der Waals surface area (Å²) >= 11 is 0. The molecule has 1 unspecified atom stereocenters. The van der Waals surface area contributed by atoms with E-state index in [1.807, 2.05) is 35.2 Å². The summed E-state index contributed by atoms with van der Waals surface area (Å²) in [7, 11) is 0. The molecule has 2 fully saturated rings. The molecule has 0 aliphatic carbocycles. The van der Waals surface area contributed by atoms with Gasteiger partial charge in [-0.15, -0.1) is 0 Å². The number of aliphatic hydroxyl groups excluding tert-OH is 1. The lowest BCUT2D eigenvalue weighted by Crippen LogP contribution is -2.46. The van der Waals surface area contributed by atoms with Crippen LogP contribution in [0.4, 0.5) is 0 Å². The van der Waals surface area contributed by atoms with Gasteiger partial charge in [-0.05, 0) is 31.4 Å². The zero-order valence-electron chi connectivity index (χ0n) is 11.7. The van der Waals surface area contributed by atoms with Crippen LogP contribution in [0.5, 0.6) is 0 Å². The molecule has 1 atom stereocenters. The van der Waals surface area contributed by atoms with Gasteiger partial charge in [-0.3, -0.25) is 9.69 Å². The lowest BCUT2D eigenvalue weighted by molar-refractivity contribution is 0.0627. The number of piperidine rings is 1. The predicted octanol–water partition coefficient (Wildman–Crippen LogP) is 1.36. The molecule has 108 valence electrons. The van der Waals surface area contributed by atoms with Crippen LogP contribution in [0.25, 0.3) is 0 Å². The van der Waals surface area contributed by atoms with Crippen LogP contribution in [0.1, 0.15) is 29.6 Å². The van der Waals surface area contributed by atoms with Crippen molar-refractivity contribution in [1.29, 1.82) is 0 Å². The molecule has 0 saturated carbocycles. The first-order chi connectivity index (χ1) is 9.74. The number of hydrogen-bond donors (Lipinski definition) is 1. The Labute approximate surface area is 120 Å². The second-order valence-corrected chi connectivity index (χ2v) is 5.83.